The van der Waals surface area contributed by atoms with Crippen LogP contribution in [0.1, 0.15) is 11.1 Å². The van der Waals surface area contributed by atoms with Gasteiger partial charge in [0, 0.05) is 44.0 Å². The fourth-order valence-electron chi connectivity index (χ4n) is 3.58. The fraction of sp³-hybridized carbons (Fsp3) is 0.368. The topological polar surface area (TPSA) is 68.1 Å². The van der Waals surface area contributed by atoms with Gasteiger partial charge in [-0.05, 0) is 24.6 Å². The summed E-state index contributed by atoms with van der Waals surface area (Å²) in [6.45, 7) is 6.31. The van der Waals surface area contributed by atoms with Crippen LogP contribution in [0.2, 0.25) is 0 Å². The summed E-state index contributed by atoms with van der Waals surface area (Å²) in [7, 11) is 0. The van der Waals surface area contributed by atoms with E-state index in [0.29, 0.717) is 23.6 Å². The molecule has 7 heteroatoms. The standard InChI is InChI=1S/C19H21N3O4/c1-14-4-2-3-5-16(14)21-8-6-20(7-9-21)12-15-10-18-19(26-13-25-18)11-17(15)22(23)24/h2-5,10-11H,6-9,12-13H2,1H3. The monoisotopic (exact) mass is 355 g/mol. The number of hydrogen-bond donors (Lipinski definition) is 0. The van der Waals surface area contributed by atoms with Crippen molar-refractivity contribution >= 4 is 11.4 Å². The van der Waals surface area contributed by atoms with Crippen LogP contribution in [0.4, 0.5) is 11.4 Å². The third-order valence-corrected chi connectivity index (χ3v) is 4.99. The van der Waals surface area contributed by atoms with Crippen molar-refractivity contribution in [1.82, 2.24) is 4.90 Å². The second-order valence-electron chi connectivity index (χ2n) is 6.64. The molecule has 2 aliphatic rings. The summed E-state index contributed by atoms with van der Waals surface area (Å²) in [5.74, 6) is 1.04. The lowest BCUT2D eigenvalue weighted by Crippen LogP contribution is -2.46. The summed E-state index contributed by atoms with van der Waals surface area (Å²) in [5, 5.41) is 11.4. The molecule has 0 amide bonds. The third-order valence-electron chi connectivity index (χ3n) is 4.99. The predicted molar refractivity (Wildman–Crippen MR) is 97.9 cm³/mol. The van der Waals surface area contributed by atoms with Gasteiger partial charge in [-0.15, -0.1) is 0 Å². The molecule has 1 saturated heterocycles. The van der Waals surface area contributed by atoms with E-state index in [-0.39, 0.29) is 17.4 Å². The first-order valence-electron chi connectivity index (χ1n) is 8.71. The lowest BCUT2D eigenvalue weighted by Gasteiger charge is -2.36. The molecular formula is C19H21N3O4. The molecule has 136 valence electrons. The van der Waals surface area contributed by atoms with Gasteiger partial charge in [0.25, 0.3) is 5.69 Å². The predicted octanol–water partition coefficient (Wildman–Crippen LogP) is 2.95. The van der Waals surface area contributed by atoms with Gasteiger partial charge in [0.1, 0.15) is 0 Å². The highest BCUT2D eigenvalue weighted by atomic mass is 16.7. The van der Waals surface area contributed by atoms with E-state index in [9.17, 15) is 10.1 Å². The molecule has 0 saturated carbocycles. The first kappa shape index (κ1) is 16.7. The number of nitro benzene ring substituents is 1. The average Bonchev–Trinajstić information content (AvgIpc) is 3.09. The number of aryl methyl sites for hydroxylation is 1. The first-order chi connectivity index (χ1) is 12.6. The second-order valence-corrected chi connectivity index (χ2v) is 6.64. The highest BCUT2D eigenvalue weighted by molar-refractivity contribution is 5.55. The Bertz CT molecular complexity index is 832. The number of fused-ring (bicyclic) bond motifs is 1. The summed E-state index contributed by atoms with van der Waals surface area (Å²) in [6, 6.07) is 11.6. The van der Waals surface area contributed by atoms with Crippen molar-refractivity contribution < 1.29 is 14.4 Å². The normalized spacial score (nSPS) is 16.7. The molecule has 2 heterocycles. The molecule has 0 radical (unpaired) electrons. The first-order valence-corrected chi connectivity index (χ1v) is 8.71. The SMILES string of the molecule is Cc1ccccc1N1CCN(Cc2cc3c(cc2[N+](=O)[O-])OCO3)CC1. The number of nitrogens with zero attached hydrogens (tertiary/aromatic N) is 3. The summed E-state index contributed by atoms with van der Waals surface area (Å²) < 4.78 is 10.6. The Morgan fingerprint density at radius 1 is 1.08 bits per heavy atom. The fourth-order valence-corrected chi connectivity index (χ4v) is 3.58. The van der Waals surface area contributed by atoms with Gasteiger partial charge >= 0.3 is 0 Å². The molecule has 2 aromatic carbocycles. The quantitative estimate of drug-likeness (QED) is 0.620. The number of nitro groups is 1. The Labute approximate surface area is 151 Å². The van der Waals surface area contributed by atoms with Crippen molar-refractivity contribution in [3.63, 3.8) is 0 Å². The molecule has 2 aromatic rings. The van der Waals surface area contributed by atoms with Crippen LogP contribution in [0.5, 0.6) is 11.5 Å². The van der Waals surface area contributed by atoms with Gasteiger partial charge < -0.3 is 14.4 Å². The number of anilines is 1. The van der Waals surface area contributed by atoms with Crippen LogP contribution in [-0.2, 0) is 6.54 Å². The molecule has 1 fully saturated rings. The number of rotatable bonds is 4. The van der Waals surface area contributed by atoms with Crippen LogP contribution in [0.15, 0.2) is 36.4 Å². The minimum atomic E-state index is -0.346. The Kier molecular flexibility index (Phi) is 4.38. The van der Waals surface area contributed by atoms with Crippen LogP contribution in [0.3, 0.4) is 0 Å². The van der Waals surface area contributed by atoms with E-state index in [4.69, 9.17) is 9.47 Å². The van der Waals surface area contributed by atoms with Crippen LogP contribution in [0.25, 0.3) is 0 Å². The lowest BCUT2D eigenvalue weighted by atomic mass is 10.1. The number of hydrogen-bond acceptors (Lipinski definition) is 6. The minimum Gasteiger partial charge on any atom is -0.454 e. The van der Waals surface area contributed by atoms with E-state index < -0.39 is 0 Å². The van der Waals surface area contributed by atoms with Gasteiger partial charge in [-0.1, -0.05) is 18.2 Å². The van der Waals surface area contributed by atoms with Gasteiger partial charge in [-0.3, -0.25) is 15.0 Å². The van der Waals surface area contributed by atoms with Crippen molar-refractivity contribution in [2.75, 3.05) is 37.9 Å². The molecule has 0 spiro atoms. The van der Waals surface area contributed by atoms with Crippen molar-refractivity contribution in [2.24, 2.45) is 0 Å². The maximum absolute atomic E-state index is 11.4. The van der Waals surface area contributed by atoms with E-state index in [1.54, 1.807) is 6.07 Å². The maximum atomic E-state index is 11.4. The molecule has 2 aliphatic heterocycles. The van der Waals surface area contributed by atoms with E-state index in [1.165, 1.54) is 17.3 Å². The van der Waals surface area contributed by atoms with Gasteiger partial charge in [0.05, 0.1) is 11.0 Å². The van der Waals surface area contributed by atoms with Crippen LogP contribution in [-0.4, -0.2) is 42.8 Å². The number of piperazine rings is 1. The lowest BCUT2D eigenvalue weighted by molar-refractivity contribution is -0.385. The number of benzene rings is 2. The summed E-state index contributed by atoms with van der Waals surface area (Å²) >= 11 is 0. The Hall–Kier alpha value is -2.80. The molecule has 26 heavy (non-hydrogen) atoms. The molecule has 0 bridgehead atoms. The van der Waals surface area contributed by atoms with Crippen LogP contribution >= 0.6 is 0 Å². The highest BCUT2D eigenvalue weighted by Crippen LogP contribution is 2.38. The van der Waals surface area contributed by atoms with Gasteiger partial charge in [0.15, 0.2) is 11.5 Å². The van der Waals surface area contributed by atoms with Crippen LogP contribution in [0, 0.1) is 17.0 Å². The van der Waals surface area contributed by atoms with E-state index in [0.717, 1.165) is 26.2 Å². The highest BCUT2D eigenvalue weighted by Gasteiger charge is 2.26. The number of para-hydroxylation sites is 1. The second kappa shape index (κ2) is 6.84. The Morgan fingerprint density at radius 3 is 2.46 bits per heavy atom. The molecule has 0 N–H and O–H groups in total. The minimum absolute atomic E-state index is 0.0931. The molecule has 4 rings (SSSR count). The summed E-state index contributed by atoms with van der Waals surface area (Å²) in [4.78, 5) is 15.7. The maximum Gasteiger partial charge on any atom is 0.277 e. The third kappa shape index (κ3) is 3.17. The Morgan fingerprint density at radius 2 is 1.77 bits per heavy atom. The van der Waals surface area contributed by atoms with Crippen molar-refractivity contribution in [1.29, 1.82) is 0 Å². The van der Waals surface area contributed by atoms with Gasteiger partial charge in [0.2, 0.25) is 6.79 Å². The van der Waals surface area contributed by atoms with E-state index >= 15 is 0 Å². The largest absolute Gasteiger partial charge is 0.454 e. The Balaban J connectivity index is 1.46. The summed E-state index contributed by atoms with van der Waals surface area (Å²) in [5.41, 5.74) is 3.30. The smallest absolute Gasteiger partial charge is 0.277 e. The zero-order chi connectivity index (χ0) is 18.1. The van der Waals surface area contributed by atoms with Crippen molar-refractivity contribution in [2.45, 2.75) is 13.5 Å². The molecule has 0 aliphatic carbocycles. The van der Waals surface area contributed by atoms with Gasteiger partial charge in [-0.2, -0.15) is 0 Å². The molecule has 0 aromatic heterocycles. The average molecular weight is 355 g/mol. The van der Waals surface area contributed by atoms with Gasteiger partial charge in [-0.25, -0.2) is 0 Å². The van der Waals surface area contributed by atoms with E-state index in [2.05, 4.69) is 34.9 Å². The molecule has 0 atom stereocenters. The van der Waals surface area contributed by atoms with Crippen molar-refractivity contribution in [3.05, 3.63) is 57.6 Å². The summed E-state index contributed by atoms with van der Waals surface area (Å²) in [6.07, 6.45) is 0. The van der Waals surface area contributed by atoms with Crippen LogP contribution < -0.4 is 14.4 Å². The molecular weight excluding hydrogens is 334 g/mol. The molecule has 7 nitrogen and oxygen atoms in total. The van der Waals surface area contributed by atoms with E-state index in [1.807, 2.05) is 6.07 Å². The van der Waals surface area contributed by atoms with Crippen molar-refractivity contribution in [3.8, 4) is 11.5 Å². The molecule has 0 unspecified atom stereocenters. The zero-order valence-corrected chi connectivity index (χ0v) is 14.7. The zero-order valence-electron chi connectivity index (χ0n) is 14.7. The number of ether oxygens (including phenoxy) is 2.